The third-order valence-electron chi connectivity index (χ3n) is 4.82. The number of carbonyl (C=O) groups is 1. The van der Waals surface area contributed by atoms with Gasteiger partial charge in [-0.15, -0.1) is 0 Å². The smallest absolute Gasteiger partial charge is 0.265 e. The number of sulfonamides is 1. The van der Waals surface area contributed by atoms with Crippen molar-refractivity contribution in [1.82, 2.24) is 0 Å². The van der Waals surface area contributed by atoms with Crippen LogP contribution in [0.3, 0.4) is 0 Å². The molecule has 8 heteroatoms. The van der Waals surface area contributed by atoms with Gasteiger partial charge in [0.15, 0.2) is 6.10 Å². The first kappa shape index (κ1) is 23.3. The fraction of sp³-hybridized carbons (Fsp3) is 0.208. The van der Waals surface area contributed by atoms with Crippen molar-refractivity contribution >= 4 is 27.3 Å². The largest absolute Gasteiger partial charge is 0.481 e. The Balaban J connectivity index is 1.68. The number of rotatable bonds is 8. The average molecular weight is 457 g/mol. The minimum atomic E-state index is -3.78. The lowest BCUT2D eigenvalue weighted by molar-refractivity contribution is -0.122. The zero-order chi connectivity index (χ0) is 23.3. The molecule has 0 fully saturated rings. The molecule has 1 atom stereocenters. The minimum Gasteiger partial charge on any atom is -0.481 e. The van der Waals surface area contributed by atoms with E-state index in [9.17, 15) is 17.6 Å². The van der Waals surface area contributed by atoms with Crippen LogP contribution in [0.25, 0.3) is 0 Å². The third kappa shape index (κ3) is 5.85. The predicted molar refractivity (Wildman–Crippen MR) is 123 cm³/mol. The molecule has 0 saturated heterocycles. The average Bonchev–Trinajstić information content (AvgIpc) is 2.76. The van der Waals surface area contributed by atoms with Gasteiger partial charge >= 0.3 is 0 Å². The van der Waals surface area contributed by atoms with Crippen LogP contribution >= 0.6 is 0 Å². The zero-order valence-electron chi connectivity index (χ0n) is 18.1. The fourth-order valence-electron chi connectivity index (χ4n) is 2.99. The van der Waals surface area contributed by atoms with E-state index in [0.717, 1.165) is 11.1 Å². The molecule has 3 aromatic carbocycles. The summed E-state index contributed by atoms with van der Waals surface area (Å²) in [6.07, 6.45) is -0.384. The van der Waals surface area contributed by atoms with Crippen LogP contribution in [0.2, 0.25) is 0 Å². The number of carbonyl (C=O) groups excluding carboxylic acids is 1. The van der Waals surface area contributed by atoms with E-state index in [4.69, 9.17) is 4.74 Å². The van der Waals surface area contributed by atoms with Gasteiger partial charge in [0.05, 0.1) is 10.6 Å². The molecule has 3 aromatic rings. The summed E-state index contributed by atoms with van der Waals surface area (Å²) in [7, 11) is -3.78. The number of amides is 1. The molecule has 3 rings (SSSR count). The lowest BCUT2D eigenvalue weighted by Gasteiger charge is -2.17. The van der Waals surface area contributed by atoms with Gasteiger partial charge in [0.25, 0.3) is 15.9 Å². The Morgan fingerprint density at radius 2 is 1.66 bits per heavy atom. The number of anilines is 2. The van der Waals surface area contributed by atoms with Gasteiger partial charge in [0.1, 0.15) is 11.6 Å². The second-order valence-electron chi connectivity index (χ2n) is 7.41. The molecule has 2 N–H and O–H groups in total. The monoisotopic (exact) mass is 456 g/mol. The molecule has 6 nitrogen and oxygen atoms in total. The summed E-state index contributed by atoms with van der Waals surface area (Å²) in [5.74, 6) is -0.398. The van der Waals surface area contributed by atoms with E-state index in [0.29, 0.717) is 23.5 Å². The van der Waals surface area contributed by atoms with E-state index in [1.54, 1.807) is 13.0 Å². The molecular weight excluding hydrogens is 431 g/mol. The van der Waals surface area contributed by atoms with Gasteiger partial charge in [-0.05, 0) is 86.0 Å². The van der Waals surface area contributed by atoms with Crippen LogP contribution in [-0.2, 0) is 14.8 Å². The summed E-state index contributed by atoms with van der Waals surface area (Å²) in [6.45, 7) is 5.51. The van der Waals surface area contributed by atoms with Crippen molar-refractivity contribution < 1.29 is 22.3 Å². The SMILES string of the molecule is CC[C@@H](Oc1ccc(F)cc1)C(=O)Nc1ccc(S(=O)(=O)Nc2cc(C)ccc2C)cc1. The molecule has 0 unspecified atom stereocenters. The molecule has 168 valence electrons. The first-order valence-corrected chi connectivity index (χ1v) is 11.6. The Kier molecular flexibility index (Phi) is 7.15. The van der Waals surface area contributed by atoms with Gasteiger partial charge in [-0.2, -0.15) is 0 Å². The highest BCUT2D eigenvalue weighted by atomic mass is 32.2. The Labute approximate surface area is 187 Å². The first-order chi connectivity index (χ1) is 15.2. The van der Waals surface area contributed by atoms with Crippen LogP contribution < -0.4 is 14.8 Å². The standard InChI is InChI=1S/C24H25FN2O4S/c1-4-23(31-20-11-7-18(25)8-12-20)24(28)26-19-9-13-21(14-10-19)32(29,30)27-22-15-16(2)5-6-17(22)3/h5-15,23,27H,4H2,1-3H3,(H,26,28)/t23-/m1/s1. The van der Waals surface area contributed by atoms with Crippen molar-refractivity contribution in [2.24, 2.45) is 0 Å². The van der Waals surface area contributed by atoms with Crippen LogP contribution in [0.5, 0.6) is 5.75 Å². The van der Waals surface area contributed by atoms with E-state index in [2.05, 4.69) is 10.0 Å². The quantitative estimate of drug-likeness (QED) is 0.497. The Bertz CT molecular complexity index is 1190. The van der Waals surface area contributed by atoms with Gasteiger partial charge in [0.2, 0.25) is 0 Å². The van der Waals surface area contributed by atoms with E-state index >= 15 is 0 Å². The van der Waals surface area contributed by atoms with Gasteiger partial charge < -0.3 is 10.1 Å². The molecule has 0 aliphatic heterocycles. The number of nitrogens with one attached hydrogen (secondary N) is 2. The molecule has 0 radical (unpaired) electrons. The van der Waals surface area contributed by atoms with Crippen molar-refractivity contribution in [2.75, 3.05) is 10.0 Å². The third-order valence-corrected chi connectivity index (χ3v) is 6.21. The molecule has 0 aliphatic rings. The number of hydrogen-bond donors (Lipinski definition) is 2. The van der Waals surface area contributed by atoms with E-state index in [1.807, 2.05) is 26.0 Å². The van der Waals surface area contributed by atoms with Crippen LogP contribution in [-0.4, -0.2) is 20.4 Å². The lowest BCUT2D eigenvalue weighted by atomic mass is 10.1. The van der Waals surface area contributed by atoms with Gasteiger partial charge in [-0.3, -0.25) is 9.52 Å². The highest BCUT2D eigenvalue weighted by Crippen LogP contribution is 2.22. The molecule has 1 amide bonds. The van der Waals surface area contributed by atoms with Crippen LogP contribution in [0, 0.1) is 19.7 Å². The van der Waals surface area contributed by atoms with Crippen molar-refractivity contribution in [1.29, 1.82) is 0 Å². The summed E-state index contributed by atoms with van der Waals surface area (Å²) in [6, 6.07) is 16.8. The van der Waals surface area contributed by atoms with E-state index in [-0.39, 0.29) is 10.8 Å². The molecule has 0 saturated carbocycles. The second kappa shape index (κ2) is 9.82. The number of hydrogen-bond acceptors (Lipinski definition) is 4. The number of aryl methyl sites for hydroxylation is 2. The Hall–Kier alpha value is -3.39. The second-order valence-corrected chi connectivity index (χ2v) is 9.09. The highest BCUT2D eigenvalue weighted by Gasteiger charge is 2.20. The van der Waals surface area contributed by atoms with Crippen molar-refractivity contribution in [3.63, 3.8) is 0 Å². The molecule has 0 aromatic heterocycles. The molecule has 0 heterocycles. The number of ether oxygens (including phenoxy) is 1. The summed E-state index contributed by atoms with van der Waals surface area (Å²) in [4.78, 5) is 12.6. The fourth-order valence-corrected chi connectivity index (χ4v) is 4.11. The van der Waals surface area contributed by atoms with E-state index < -0.39 is 21.9 Å². The molecule has 32 heavy (non-hydrogen) atoms. The van der Waals surface area contributed by atoms with Crippen molar-refractivity contribution in [3.05, 3.63) is 83.7 Å². The van der Waals surface area contributed by atoms with Crippen LogP contribution in [0.15, 0.2) is 71.6 Å². The van der Waals surface area contributed by atoms with Crippen LogP contribution in [0.1, 0.15) is 24.5 Å². The Morgan fingerprint density at radius 3 is 2.28 bits per heavy atom. The van der Waals surface area contributed by atoms with Gasteiger partial charge in [-0.1, -0.05) is 19.1 Å². The first-order valence-electron chi connectivity index (χ1n) is 10.1. The maximum atomic E-state index is 13.0. The van der Waals surface area contributed by atoms with Crippen LogP contribution in [0.4, 0.5) is 15.8 Å². The summed E-state index contributed by atoms with van der Waals surface area (Å²) in [5.41, 5.74) is 2.71. The van der Waals surface area contributed by atoms with E-state index in [1.165, 1.54) is 48.5 Å². The van der Waals surface area contributed by atoms with Crippen molar-refractivity contribution in [2.45, 2.75) is 38.2 Å². The normalized spacial score (nSPS) is 12.1. The molecule has 0 bridgehead atoms. The zero-order valence-corrected chi connectivity index (χ0v) is 18.9. The number of halogens is 1. The summed E-state index contributed by atoms with van der Waals surface area (Å²) >= 11 is 0. The van der Waals surface area contributed by atoms with Gasteiger partial charge in [0, 0.05) is 5.69 Å². The predicted octanol–water partition coefficient (Wildman–Crippen LogP) is 5.04. The molecule has 0 spiro atoms. The number of benzene rings is 3. The minimum absolute atomic E-state index is 0.0750. The maximum Gasteiger partial charge on any atom is 0.265 e. The summed E-state index contributed by atoms with van der Waals surface area (Å²) in [5, 5.41) is 2.72. The summed E-state index contributed by atoms with van der Waals surface area (Å²) < 4.78 is 46.8. The molecular formula is C24H25FN2O4S. The molecule has 0 aliphatic carbocycles. The highest BCUT2D eigenvalue weighted by molar-refractivity contribution is 7.92. The van der Waals surface area contributed by atoms with Gasteiger partial charge in [-0.25, -0.2) is 12.8 Å². The lowest BCUT2D eigenvalue weighted by Crippen LogP contribution is -2.32. The van der Waals surface area contributed by atoms with Crippen molar-refractivity contribution in [3.8, 4) is 5.75 Å². The Morgan fingerprint density at radius 1 is 1.00 bits per heavy atom. The maximum absolute atomic E-state index is 13.0. The topological polar surface area (TPSA) is 84.5 Å².